The molecular formula is C59H86O6. The number of carbonyl (C=O) groups excluding carboxylic acids is 3. The first kappa shape index (κ1) is 59.8. The van der Waals surface area contributed by atoms with Crippen molar-refractivity contribution in [2.45, 2.75) is 168 Å². The van der Waals surface area contributed by atoms with E-state index < -0.39 is 6.10 Å². The predicted octanol–water partition coefficient (Wildman–Crippen LogP) is 16.4. The fraction of sp³-hybridized carbons (Fsp3) is 0.475. The van der Waals surface area contributed by atoms with Gasteiger partial charge in [0.2, 0.25) is 0 Å². The van der Waals surface area contributed by atoms with Crippen LogP contribution in [0.25, 0.3) is 0 Å². The number of rotatable bonds is 41. The Labute approximate surface area is 396 Å². The van der Waals surface area contributed by atoms with E-state index in [1.54, 1.807) is 0 Å². The van der Waals surface area contributed by atoms with E-state index in [2.05, 4.69) is 81.5 Å². The van der Waals surface area contributed by atoms with Crippen molar-refractivity contribution in [1.82, 2.24) is 0 Å². The maximum atomic E-state index is 12.8. The summed E-state index contributed by atoms with van der Waals surface area (Å²) in [5.74, 6) is -1.04. The summed E-state index contributed by atoms with van der Waals surface area (Å²) in [5, 5.41) is 0. The molecule has 0 aliphatic carbocycles. The Kier molecular flexibility index (Phi) is 47.3. The minimum Gasteiger partial charge on any atom is -0.462 e. The number of ether oxygens (including phenoxy) is 3. The largest absolute Gasteiger partial charge is 0.462 e. The second-order valence-corrected chi connectivity index (χ2v) is 15.6. The minimum absolute atomic E-state index is 0.128. The molecule has 0 bridgehead atoms. The van der Waals surface area contributed by atoms with E-state index >= 15 is 0 Å². The lowest BCUT2D eigenvalue weighted by Crippen LogP contribution is -2.30. The molecule has 0 N–H and O–H groups in total. The highest BCUT2D eigenvalue weighted by Gasteiger charge is 2.19. The molecule has 1 atom stereocenters. The van der Waals surface area contributed by atoms with Crippen LogP contribution in [0.2, 0.25) is 0 Å². The van der Waals surface area contributed by atoms with Gasteiger partial charge in [-0.1, -0.05) is 236 Å². The molecule has 0 aromatic heterocycles. The average Bonchev–Trinajstić information content (AvgIpc) is 3.30. The van der Waals surface area contributed by atoms with Crippen molar-refractivity contribution in [2.75, 3.05) is 13.2 Å². The monoisotopic (exact) mass is 891 g/mol. The van der Waals surface area contributed by atoms with Crippen LogP contribution in [-0.4, -0.2) is 37.2 Å². The SMILES string of the molecule is CC/C=C/C=C/C=C/C=C/C=C/C=C/C=C/CCCCCC(=O)OCC(COC(=O)CCCCC/C=C/C=C/C=C/C=C/CC)OC(=O)CCCCCCCCC/C=C/C=C/C=C/CC. The van der Waals surface area contributed by atoms with Crippen LogP contribution < -0.4 is 0 Å². The van der Waals surface area contributed by atoms with Crippen LogP contribution in [0.4, 0.5) is 0 Å². The summed E-state index contributed by atoms with van der Waals surface area (Å²) >= 11 is 0. The zero-order chi connectivity index (χ0) is 47.2. The predicted molar refractivity (Wildman–Crippen MR) is 278 cm³/mol. The Morgan fingerprint density at radius 2 is 0.554 bits per heavy atom. The van der Waals surface area contributed by atoms with Gasteiger partial charge in [0.1, 0.15) is 13.2 Å². The number of unbranched alkanes of at least 4 members (excludes halogenated alkanes) is 13. The van der Waals surface area contributed by atoms with Gasteiger partial charge in [-0.3, -0.25) is 14.4 Å². The first-order valence-corrected chi connectivity index (χ1v) is 24.8. The lowest BCUT2D eigenvalue weighted by Gasteiger charge is -2.18. The molecule has 6 nitrogen and oxygen atoms in total. The van der Waals surface area contributed by atoms with Crippen LogP contribution in [0.15, 0.2) is 170 Å². The van der Waals surface area contributed by atoms with E-state index in [0.717, 1.165) is 96.3 Å². The Hall–Kier alpha value is -5.23. The molecule has 0 saturated carbocycles. The third-order valence-electron chi connectivity index (χ3n) is 9.55. The zero-order valence-corrected chi connectivity index (χ0v) is 40.7. The molecule has 0 fully saturated rings. The summed E-state index contributed by atoms with van der Waals surface area (Å²) in [4.78, 5) is 38.0. The third-order valence-corrected chi connectivity index (χ3v) is 9.55. The summed E-state index contributed by atoms with van der Waals surface area (Å²) in [6, 6.07) is 0. The van der Waals surface area contributed by atoms with Gasteiger partial charge in [0, 0.05) is 19.3 Å². The fourth-order valence-corrected chi connectivity index (χ4v) is 5.90. The van der Waals surface area contributed by atoms with Gasteiger partial charge in [0.05, 0.1) is 0 Å². The second kappa shape index (κ2) is 51.4. The van der Waals surface area contributed by atoms with Crippen molar-refractivity contribution >= 4 is 17.9 Å². The average molecular weight is 891 g/mol. The molecule has 0 aromatic carbocycles. The van der Waals surface area contributed by atoms with Crippen molar-refractivity contribution in [2.24, 2.45) is 0 Å². The number of hydrogen-bond acceptors (Lipinski definition) is 6. The molecule has 0 aliphatic rings. The normalized spacial score (nSPS) is 13.6. The van der Waals surface area contributed by atoms with Crippen LogP contribution in [0.3, 0.4) is 0 Å². The quantitative estimate of drug-likeness (QED) is 0.0263. The van der Waals surface area contributed by atoms with Crippen molar-refractivity contribution in [1.29, 1.82) is 0 Å². The Morgan fingerprint density at radius 1 is 0.308 bits per heavy atom. The summed E-state index contributed by atoms with van der Waals surface area (Å²) in [6.45, 7) is 6.10. The topological polar surface area (TPSA) is 78.9 Å². The van der Waals surface area contributed by atoms with E-state index in [0.29, 0.717) is 12.8 Å². The highest BCUT2D eigenvalue weighted by Crippen LogP contribution is 2.12. The van der Waals surface area contributed by atoms with Crippen molar-refractivity contribution in [3.8, 4) is 0 Å². The van der Waals surface area contributed by atoms with Crippen LogP contribution in [0, 0.1) is 0 Å². The van der Waals surface area contributed by atoms with E-state index in [9.17, 15) is 14.4 Å². The molecule has 0 spiro atoms. The highest BCUT2D eigenvalue weighted by atomic mass is 16.6. The molecule has 0 heterocycles. The molecule has 0 amide bonds. The number of allylic oxidation sites excluding steroid dienone is 28. The molecule has 0 saturated heterocycles. The van der Waals surface area contributed by atoms with Crippen molar-refractivity contribution < 1.29 is 28.6 Å². The molecule has 0 radical (unpaired) electrons. The molecule has 0 rings (SSSR count). The maximum absolute atomic E-state index is 12.8. The maximum Gasteiger partial charge on any atom is 0.306 e. The summed E-state index contributed by atoms with van der Waals surface area (Å²) < 4.78 is 16.7. The first-order valence-electron chi connectivity index (χ1n) is 24.8. The van der Waals surface area contributed by atoms with Crippen LogP contribution >= 0.6 is 0 Å². The molecule has 0 aromatic rings. The molecule has 0 aliphatic heterocycles. The van der Waals surface area contributed by atoms with Crippen LogP contribution in [-0.2, 0) is 28.6 Å². The van der Waals surface area contributed by atoms with Gasteiger partial charge in [-0.2, -0.15) is 0 Å². The van der Waals surface area contributed by atoms with Gasteiger partial charge < -0.3 is 14.2 Å². The summed E-state index contributed by atoms with van der Waals surface area (Å²) in [5.41, 5.74) is 0. The van der Waals surface area contributed by atoms with Gasteiger partial charge >= 0.3 is 17.9 Å². The van der Waals surface area contributed by atoms with Gasteiger partial charge in [-0.25, -0.2) is 0 Å². The van der Waals surface area contributed by atoms with Crippen molar-refractivity contribution in [3.05, 3.63) is 170 Å². The lowest BCUT2D eigenvalue weighted by molar-refractivity contribution is -0.167. The van der Waals surface area contributed by atoms with E-state index in [1.807, 2.05) is 109 Å². The number of esters is 3. The third kappa shape index (κ3) is 49.6. The summed E-state index contributed by atoms with van der Waals surface area (Å²) in [6.07, 6.45) is 76.1. The van der Waals surface area contributed by atoms with Crippen LogP contribution in [0.5, 0.6) is 0 Å². The Bertz CT molecular complexity index is 1590. The van der Waals surface area contributed by atoms with E-state index in [4.69, 9.17) is 14.2 Å². The van der Waals surface area contributed by atoms with Gasteiger partial charge in [0.25, 0.3) is 0 Å². The molecular weight excluding hydrogens is 805 g/mol. The highest BCUT2D eigenvalue weighted by molar-refractivity contribution is 5.71. The molecule has 65 heavy (non-hydrogen) atoms. The van der Waals surface area contributed by atoms with Gasteiger partial charge in [0.15, 0.2) is 6.10 Å². The van der Waals surface area contributed by atoms with Crippen molar-refractivity contribution in [3.63, 3.8) is 0 Å². The Balaban J connectivity index is 4.61. The fourth-order valence-electron chi connectivity index (χ4n) is 5.90. The molecule has 358 valence electrons. The Morgan fingerprint density at radius 3 is 0.877 bits per heavy atom. The smallest absolute Gasteiger partial charge is 0.306 e. The molecule has 6 heteroatoms. The van der Waals surface area contributed by atoms with E-state index in [-0.39, 0.29) is 44.0 Å². The zero-order valence-electron chi connectivity index (χ0n) is 40.7. The number of hydrogen-bond donors (Lipinski definition) is 0. The minimum atomic E-state index is -0.829. The van der Waals surface area contributed by atoms with E-state index in [1.165, 1.54) is 19.3 Å². The summed E-state index contributed by atoms with van der Waals surface area (Å²) in [7, 11) is 0. The standard InChI is InChI=1S/C59H86O6/c1-4-7-10-13-16-19-22-25-27-28-29-30-32-34-37-40-43-46-49-52-58(61)64-55-56(54-63-57(60)51-48-45-42-39-36-33-24-21-18-15-12-9-6-3)65-59(62)53-50-47-44-41-38-35-31-26-23-20-17-14-11-8-5-2/h7-25,27-30,32-34,36-37,56H,4-6,26,31,35,38-55H2,1-3H3/b10-7+,11-8+,12-9+,16-13+,17-14+,18-15+,22-19+,23-20+,24-21+,27-25+,29-28+,32-30+,36-33+,37-34+. The molecule has 1 unspecified atom stereocenters. The van der Waals surface area contributed by atoms with Gasteiger partial charge in [-0.15, -0.1) is 0 Å². The first-order chi connectivity index (χ1) is 32.0. The van der Waals surface area contributed by atoms with Gasteiger partial charge in [-0.05, 0) is 77.0 Å². The lowest BCUT2D eigenvalue weighted by atomic mass is 10.1. The second-order valence-electron chi connectivity index (χ2n) is 15.6. The number of carbonyl (C=O) groups is 3. The van der Waals surface area contributed by atoms with Crippen LogP contribution in [0.1, 0.15) is 162 Å².